The SMILES string of the molecule is CCOC(=O)N[C@@H]1CCC=C(C=CC(=O)O[C@H](C)C=CC(=O)N(c2ccccc2)c2ccccc2)C1. The highest BCUT2D eigenvalue weighted by molar-refractivity contribution is 6.07. The van der Waals surface area contributed by atoms with Crippen molar-refractivity contribution in [1.82, 2.24) is 5.32 Å². The first-order valence-electron chi connectivity index (χ1n) is 12.1. The summed E-state index contributed by atoms with van der Waals surface area (Å²) in [5.41, 5.74) is 2.42. The number of hydrogen-bond donors (Lipinski definition) is 1. The van der Waals surface area contributed by atoms with Crippen molar-refractivity contribution in [3.05, 3.63) is 96.6 Å². The van der Waals surface area contributed by atoms with Crippen molar-refractivity contribution in [2.24, 2.45) is 0 Å². The van der Waals surface area contributed by atoms with Gasteiger partial charge in [0.1, 0.15) is 6.10 Å². The van der Waals surface area contributed by atoms with Crippen LogP contribution in [0.5, 0.6) is 0 Å². The molecule has 36 heavy (non-hydrogen) atoms. The summed E-state index contributed by atoms with van der Waals surface area (Å²) >= 11 is 0. The second-order valence-corrected chi connectivity index (χ2v) is 8.30. The standard InChI is InChI=1S/C29H32N2O5/c1-3-35-29(34)30-24-12-10-11-23(21-24)18-20-28(33)36-22(2)17-19-27(32)31(25-13-6-4-7-14-25)26-15-8-5-9-16-26/h4-9,11,13-20,22,24H,3,10,12,21H2,1-2H3,(H,30,34)/t22-,24-/m1/s1. The van der Waals surface area contributed by atoms with Gasteiger partial charge in [0.2, 0.25) is 0 Å². The summed E-state index contributed by atoms with van der Waals surface area (Å²) in [6.45, 7) is 3.78. The number of allylic oxidation sites excluding steroid dienone is 2. The Bertz CT molecular complexity index is 1070. The molecule has 0 saturated carbocycles. The van der Waals surface area contributed by atoms with Gasteiger partial charge in [-0.3, -0.25) is 9.69 Å². The molecule has 0 unspecified atom stereocenters. The van der Waals surface area contributed by atoms with Crippen LogP contribution in [-0.2, 0) is 19.1 Å². The van der Waals surface area contributed by atoms with Crippen molar-refractivity contribution >= 4 is 29.3 Å². The molecule has 0 fully saturated rings. The lowest BCUT2D eigenvalue weighted by Crippen LogP contribution is -2.36. The minimum absolute atomic E-state index is 0.0326. The Morgan fingerprint density at radius 1 is 1.03 bits per heavy atom. The normalized spacial score (nSPS) is 16.3. The molecule has 0 aliphatic heterocycles. The third-order valence-electron chi connectivity index (χ3n) is 5.50. The van der Waals surface area contributed by atoms with Crippen LogP contribution in [0.25, 0.3) is 0 Å². The van der Waals surface area contributed by atoms with Gasteiger partial charge < -0.3 is 14.8 Å². The number of ether oxygens (including phenoxy) is 2. The van der Waals surface area contributed by atoms with Crippen LogP contribution in [0.15, 0.2) is 96.6 Å². The Hall–Kier alpha value is -4.13. The van der Waals surface area contributed by atoms with Gasteiger partial charge in [0.15, 0.2) is 0 Å². The molecular weight excluding hydrogens is 456 g/mol. The summed E-state index contributed by atoms with van der Waals surface area (Å²) in [4.78, 5) is 38.6. The topological polar surface area (TPSA) is 84.9 Å². The van der Waals surface area contributed by atoms with Crippen molar-refractivity contribution in [1.29, 1.82) is 0 Å². The first kappa shape index (κ1) is 26.5. The van der Waals surface area contributed by atoms with Crippen LogP contribution in [0.3, 0.4) is 0 Å². The molecule has 0 bridgehead atoms. The molecular formula is C29H32N2O5. The molecule has 2 amide bonds. The number of esters is 1. The Balaban J connectivity index is 1.55. The average molecular weight is 489 g/mol. The number of anilines is 2. The smallest absolute Gasteiger partial charge is 0.407 e. The number of benzene rings is 2. The quantitative estimate of drug-likeness (QED) is 0.366. The van der Waals surface area contributed by atoms with Crippen LogP contribution in [-0.4, -0.2) is 36.7 Å². The number of nitrogens with zero attached hydrogens (tertiary/aromatic N) is 1. The van der Waals surface area contributed by atoms with E-state index >= 15 is 0 Å². The summed E-state index contributed by atoms with van der Waals surface area (Å²) in [6, 6.07) is 18.7. The van der Waals surface area contributed by atoms with Gasteiger partial charge in [0.25, 0.3) is 5.91 Å². The van der Waals surface area contributed by atoms with Crippen molar-refractivity contribution in [3.63, 3.8) is 0 Å². The number of hydrogen-bond acceptors (Lipinski definition) is 5. The Kier molecular flexibility index (Phi) is 10.1. The van der Waals surface area contributed by atoms with Crippen LogP contribution in [0.2, 0.25) is 0 Å². The average Bonchev–Trinajstić information content (AvgIpc) is 2.88. The van der Waals surface area contributed by atoms with E-state index in [0.717, 1.165) is 29.8 Å². The highest BCUT2D eigenvalue weighted by atomic mass is 16.5. The van der Waals surface area contributed by atoms with E-state index < -0.39 is 18.2 Å². The lowest BCUT2D eigenvalue weighted by molar-refractivity contribution is -0.140. The van der Waals surface area contributed by atoms with Crippen LogP contribution in [0.4, 0.5) is 16.2 Å². The lowest BCUT2D eigenvalue weighted by Gasteiger charge is -2.22. The van der Waals surface area contributed by atoms with E-state index in [9.17, 15) is 14.4 Å². The lowest BCUT2D eigenvalue weighted by atomic mass is 9.94. The van der Waals surface area contributed by atoms with Crippen LogP contribution in [0.1, 0.15) is 33.1 Å². The molecule has 0 saturated heterocycles. The predicted octanol–water partition coefficient (Wildman–Crippen LogP) is 5.62. The van der Waals surface area contributed by atoms with E-state index in [1.807, 2.05) is 66.7 Å². The molecule has 3 rings (SSSR count). The van der Waals surface area contributed by atoms with E-state index in [1.165, 1.54) is 12.2 Å². The Morgan fingerprint density at radius 2 is 1.67 bits per heavy atom. The fourth-order valence-corrected chi connectivity index (χ4v) is 3.83. The number of rotatable bonds is 9. The van der Waals surface area contributed by atoms with E-state index in [4.69, 9.17) is 9.47 Å². The maximum atomic E-state index is 13.1. The van der Waals surface area contributed by atoms with Gasteiger partial charge in [-0.05, 0) is 69.0 Å². The van der Waals surface area contributed by atoms with Gasteiger partial charge in [0.05, 0.1) is 6.61 Å². The highest BCUT2D eigenvalue weighted by Crippen LogP contribution is 2.25. The van der Waals surface area contributed by atoms with Gasteiger partial charge in [-0.25, -0.2) is 9.59 Å². The summed E-state index contributed by atoms with van der Waals surface area (Å²) in [5, 5.41) is 2.83. The Labute approximate surface area is 212 Å². The van der Waals surface area contributed by atoms with E-state index in [2.05, 4.69) is 5.32 Å². The molecule has 2 aromatic rings. The molecule has 0 radical (unpaired) electrons. The minimum Gasteiger partial charge on any atom is -0.455 e. The number of carbonyl (C=O) groups excluding carboxylic acids is 3. The van der Waals surface area contributed by atoms with E-state index in [-0.39, 0.29) is 11.9 Å². The number of nitrogens with one attached hydrogen (secondary N) is 1. The largest absolute Gasteiger partial charge is 0.455 e. The molecule has 7 heteroatoms. The molecule has 0 heterocycles. The fourth-order valence-electron chi connectivity index (χ4n) is 3.83. The maximum absolute atomic E-state index is 13.1. The van der Waals surface area contributed by atoms with E-state index in [0.29, 0.717) is 13.0 Å². The first-order chi connectivity index (χ1) is 17.5. The zero-order valence-electron chi connectivity index (χ0n) is 20.6. The second-order valence-electron chi connectivity index (χ2n) is 8.30. The molecule has 0 spiro atoms. The number of para-hydroxylation sites is 2. The van der Waals surface area contributed by atoms with Crippen molar-refractivity contribution in [3.8, 4) is 0 Å². The third-order valence-corrected chi connectivity index (χ3v) is 5.50. The molecule has 188 valence electrons. The molecule has 1 aliphatic carbocycles. The molecule has 2 atom stereocenters. The third kappa shape index (κ3) is 8.27. The van der Waals surface area contributed by atoms with Crippen LogP contribution < -0.4 is 10.2 Å². The van der Waals surface area contributed by atoms with Gasteiger partial charge in [0, 0.05) is 29.6 Å². The van der Waals surface area contributed by atoms with Crippen LogP contribution >= 0.6 is 0 Å². The highest BCUT2D eigenvalue weighted by Gasteiger charge is 2.18. The second kappa shape index (κ2) is 13.7. The molecule has 0 aromatic heterocycles. The van der Waals surface area contributed by atoms with Crippen molar-refractivity contribution in [2.75, 3.05) is 11.5 Å². The predicted molar refractivity (Wildman–Crippen MR) is 140 cm³/mol. The summed E-state index contributed by atoms with van der Waals surface area (Å²) < 4.78 is 10.3. The molecule has 2 aromatic carbocycles. The molecule has 1 aliphatic rings. The van der Waals surface area contributed by atoms with Crippen molar-refractivity contribution < 1.29 is 23.9 Å². The van der Waals surface area contributed by atoms with Gasteiger partial charge >= 0.3 is 12.1 Å². The fraction of sp³-hybridized carbons (Fsp3) is 0.276. The minimum atomic E-state index is -0.599. The van der Waals surface area contributed by atoms with Crippen molar-refractivity contribution in [2.45, 2.75) is 45.3 Å². The molecule has 1 N–H and O–H groups in total. The molecule has 7 nitrogen and oxygen atoms in total. The zero-order valence-corrected chi connectivity index (χ0v) is 20.6. The maximum Gasteiger partial charge on any atom is 0.407 e. The summed E-state index contributed by atoms with van der Waals surface area (Å²) in [7, 11) is 0. The summed E-state index contributed by atoms with van der Waals surface area (Å²) in [6.07, 6.45) is 9.28. The van der Waals surface area contributed by atoms with E-state index in [1.54, 1.807) is 30.9 Å². The summed E-state index contributed by atoms with van der Waals surface area (Å²) in [5.74, 6) is -0.762. The monoisotopic (exact) mass is 488 g/mol. The number of alkyl carbamates (subject to hydrolysis) is 1. The zero-order chi connectivity index (χ0) is 25.8. The van der Waals surface area contributed by atoms with Gasteiger partial charge in [-0.2, -0.15) is 0 Å². The Morgan fingerprint density at radius 3 is 2.28 bits per heavy atom. The van der Waals surface area contributed by atoms with Crippen LogP contribution in [0, 0.1) is 0 Å². The number of amides is 2. The van der Waals surface area contributed by atoms with Gasteiger partial charge in [-0.1, -0.05) is 48.6 Å². The first-order valence-corrected chi connectivity index (χ1v) is 12.1. The number of carbonyl (C=O) groups is 3. The van der Waals surface area contributed by atoms with Gasteiger partial charge in [-0.15, -0.1) is 0 Å².